The van der Waals surface area contributed by atoms with Crippen LogP contribution >= 0.6 is 11.3 Å². The SMILES string of the molecule is CC(CN)N1CCC(c2nc3ccccc3s2)CC1. The molecule has 3 rings (SSSR count). The van der Waals surface area contributed by atoms with Gasteiger partial charge in [0.2, 0.25) is 0 Å². The van der Waals surface area contributed by atoms with Crippen molar-refractivity contribution in [1.29, 1.82) is 0 Å². The van der Waals surface area contributed by atoms with Crippen molar-refractivity contribution >= 4 is 21.6 Å². The summed E-state index contributed by atoms with van der Waals surface area (Å²) in [5.74, 6) is 0.638. The second-order valence-corrected chi connectivity index (χ2v) is 6.48. The fourth-order valence-corrected chi connectivity index (χ4v) is 3.94. The number of likely N-dealkylation sites (tertiary alicyclic amines) is 1. The number of fused-ring (bicyclic) bond motifs is 1. The Bertz CT molecular complexity index is 510. The van der Waals surface area contributed by atoms with Gasteiger partial charge in [-0.05, 0) is 45.0 Å². The highest BCUT2D eigenvalue weighted by atomic mass is 32.1. The lowest BCUT2D eigenvalue weighted by Crippen LogP contribution is -2.43. The number of para-hydroxylation sites is 1. The molecule has 0 saturated carbocycles. The van der Waals surface area contributed by atoms with Crippen LogP contribution in [0.25, 0.3) is 10.2 Å². The number of aromatic nitrogens is 1. The van der Waals surface area contributed by atoms with Crippen LogP contribution in [-0.4, -0.2) is 35.6 Å². The normalized spacial score (nSPS) is 19.9. The number of thiazole rings is 1. The van der Waals surface area contributed by atoms with Crippen molar-refractivity contribution in [2.75, 3.05) is 19.6 Å². The molecule has 1 fully saturated rings. The third-order valence-electron chi connectivity index (χ3n) is 4.15. The Morgan fingerprint density at radius 2 is 2.11 bits per heavy atom. The second-order valence-electron chi connectivity index (χ2n) is 5.41. The average molecular weight is 275 g/mol. The first kappa shape index (κ1) is 13.0. The Labute approximate surface area is 118 Å². The number of piperidine rings is 1. The summed E-state index contributed by atoms with van der Waals surface area (Å²) in [6, 6.07) is 8.95. The van der Waals surface area contributed by atoms with E-state index >= 15 is 0 Å². The van der Waals surface area contributed by atoms with Crippen LogP contribution in [0, 0.1) is 0 Å². The number of nitrogens with two attached hydrogens (primary N) is 1. The summed E-state index contributed by atoms with van der Waals surface area (Å²) in [4.78, 5) is 7.31. The molecule has 1 saturated heterocycles. The lowest BCUT2D eigenvalue weighted by molar-refractivity contribution is 0.165. The van der Waals surface area contributed by atoms with Gasteiger partial charge in [0.25, 0.3) is 0 Å². The average Bonchev–Trinajstić information content (AvgIpc) is 2.90. The Balaban J connectivity index is 1.71. The van der Waals surface area contributed by atoms with Gasteiger partial charge in [-0.15, -0.1) is 11.3 Å². The van der Waals surface area contributed by atoms with Crippen molar-refractivity contribution in [1.82, 2.24) is 9.88 Å². The molecular formula is C15H21N3S. The lowest BCUT2D eigenvalue weighted by Gasteiger charge is -2.34. The molecule has 1 aromatic carbocycles. The molecule has 1 aliphatic heterocycles. The minimum atomic E-state index is 0.510. The van der Waals surface area contributed by atoms with E-state index in [1.165, 1.54) is 22.5 Å². The fraction of sp³-hybridized carbons (Fsp3) is 0.533. The predicted molar refractivity (Wildman–Crippen MR) is 81.7 cm³/mol. The van der Waals surface area contributed by atoms with Crippen LogP contribution in [0.4, 0.5) is 0 Å². The third-order valence-corrected chi connectivity index (χ3v) is 5.35. The van der Waals surface area contributed by atoms with Gasteiger partial charge in [-0.1, -0.05) is 12.1 Å². The van der Waals surface area contributed by atoms with E-state index in [0.717, 1.165) is 25.2 Å². The molecule has 0 bridgehead atoms. The zero-order chi connectivity index (χ0) is 13.2. The Morgan fingerprint density at radius 3 is 2.79 bits per heavy atom. The zero-order valence-electron chi connectivity index (χ0n) is 11.4. The number of hydrogen-bond donors (Lipinski definition) is 1. The molecule has 4 heteroatoms. The minimum Gasteiger partial charge on any atom is -0.329 e. The summed E-state index contributed by atoms with van der Waals surface area (Å²) < 4.78 is 1.32. The standard InChI is InChI=1S/C15H21N3S/c1-11(10-16)18-8-6-12(7-9-18)15-17-13-4-2-3-5-14(13)19-15/h2-5,11-12H,6-10,16H2,1H3. The smallest absolute Gasteiger partial charge is 0.0970 e. The van der Waals surface area contributed by atoms with Gasteiger partial charge >= 0.3 is 0 Å². The molecule has 0 spiro atoms. The van der Waals surface area contributed by atoms with E-state index in [0.29, 0.717) is 12.0 Å². The van der Waals surface area contributed by atoms with Crippen LogP contribution in [-0.2, 0) is 0 Å². The van der Waals surface area contributed by atoms with Gasteiger partial charge in [0, 0.05) is 18.5 Å². The van der Waals surface area contributed by atoms with E-state index in [-0.39, 0.29) is 0 Å². The van der Waals surface area contributed by atoms with Gasteiger partial charge in [0.05, 0.1) is 15.2 Å². The number of benzene rings is 1. The molecule has 19 heavy (non-hydrogen) atoms. The molecule has 1 unspecified atom stereocenters. The van der Waals surface area contributed by atoms with Gasteiger partial charge in [-0.25, -0.2) is 4.98 Å². The molecule has 1 aliphatic rings. The molecule has 0 radical (unpaired) electrons. The molecular weight excluding hydrogens is 254 g/mol. The first-order chi connectivity index (χ1) is 9.28. The van der Waals surface area contributed by atoms with Crippen LogP contribution in [0.2, 0.25) is 0 Å². The maximum Gasteiger partial charge on any atom is 0.0970 e. The highest BCUT2D eigenvalue weighted by Crippen LogP contribution is 2.34. The van der Waals surface area contributed by atoms with E-state index < -0.39 is 0 Å². The predicted octanol–water partition coefficient (Wildman–Crippen LogP) is 2.82. The van der Waals surface area contributed by atoms with E-state index in [9.17, 15) is 0 Å². The zero-order valence-corrected chi connectivity index (χ0v) is 12.2. The van der Waals surface area contributed by atoms with Crippen molar-refractivity contribution < 1.29 is 0 Å². The molecule has 1 atom stereocenters. The maximum absolute atomic E-state index is 5.75. The molecule has 1 aromatic heterocycles. The van der Waals surface area contributed by atoms with Gasteiger partial charge < -0.3 is 5.73 Å². The molecule has 2 heterocycles. The topological polar surface area (TPSA) is 42.1 Å². The number of rotatable bonds is 3. The molecule has 2 aromatic rings. The fourth-order valence-electron chi connectivity index (χ4n) is 2.80. The van der Waals surface area contributed by atoms with Crippen LogP contribution in [0.5, 0.6) is 0 Å². The molecule has 2 N–H and O–H groups in total. The van der Waals surface area contributed by atoms with Crippen molar-refractivity contribution in [3.63, 3.8) is 0 Å². The molecule has 0 aliphatic carbocycles. The van der Waals surface area contributed by atoms with Gasteiger partial charge in [-0.3, -0.25) is 4.90 Å². The van der Waals surface area contributed by atoms with Gasteiger partial charge in [-0.2, -0.15) is 0 Å². The van der Waals surface area contributed by atoms with Crippen LogP contribution in [0.1, 0.15) is 30.7 Å². The van der Waals surface area contributed by atoms with Crippen LogP contribution in [0.15, 0.2) is 24.3 Å². The summed E-state index contributed by atoms with van der Waals surface area (Å²) in [5, 5.41) is 1.32. The maximum atomic E-state index is 5.75. The van der Waals surface area contributed by atoms with Crippen molar-refractivity contribution in [2.45, 2.75) is 31.7 Å². The van der Waals surface area contributed by atoms with E-state index in [1.54, 1.807) is 0 Å². The Hall–Kier alpha value is -0.970. The first-order valence-corrected chi connectivity index (χ1v) is 7.89. The first-order valence-electron chi connectivity index (χ1n) is 7.07. The Morgan fingerprint density at radius 1 is 1.37 bits per heavy atom. The second kappa shape index (κ2) is 5.57. The van der Waals surface area contributed by atoms with Crippen molar-refractivity contribution in [3.8, 4) is 0 Å². The van der Waals surface area contributed by atoms with E-state index in [4.69, 9.17) is 10.7 Å². The van der Waals surface area contributed by atoms with E-state index in [2.05, 4.69) is 36.1 Å². The molecule has 0 amide bonds. The number of nitrogens with zero attached hydrogens (tertiary/aromatic N) is 2. The summed E-state index contributed by atoms with van der Waals surface area (Å²) in [6.45, 7) is 5.28. The van der Waals surface area contributed by atoms with Gasteiger partial charge in [0.15, 0.2) is 0 Å². The van der Waals surface area contributed by atoms with Crippen LogP contribution < -0.4 is 5.73 Å². The largest absolute Gasteiger partial charge is 0.329 e. The van der Waals surface area contributed by atoms with Gasteiger partial charge in [0.1, 0.15) is 0 Å². The highest BCUT2D eigenvalue weighted by molar-refractivity contribution is 7.18. The third kappa shape index (κ3) is 2.66. The summed E-state index contributed by atoms with van der Waals surface area (Å²) >= 11 is 1.86. The van der Waals surface area contributed by atoms with Crippen LogP contribution in [0.3, 0.4) is 0 Å². The summed E-state index contributed by atoms with van der Waals surface area (Å²) in [7, 11) is 0. The summed E-state index contributed by atoms with van der Waals surface area (Å²) in [6.07, 6.45) is 2.42. The highest BCUT2D eigenvalue weighted by Gasteiger charge is 2.25. The lowest BCUT2D eigenvalue weighted by atomic mass is 9.96. The summed E-state index contributed by atoms with van der Waals surface area (Å²) in [5.41, 5.74) is 6.90. The Kier molecular flexibility index (Phi) is 3.82. The van der Waals surface area contributed by atoms with Crippen molar-refractivity contribution in [2.24, 2.45) is 5.73 Å². The molecule has 3 nitrogen and oxygen atoms in total. The quantitative estimate of drug-likeness (QED) is 0.936. The monoisotopic (exact) mass is 275 g/mol. The van der Waals surface area contributed by atoms with Crippen molar-refractivity contribution in [3.05, 3.63) is 29.3 Å². The number of hydrogen-bond acceptors (Lipinski definition) is 4. The van der Waals surface area contributed by atoms with E-state index in [1.807, 2.05) is 11.3 Å². The minimum absolute atomic E-state index is 0.510. The molecule has 102 valence electrons.